The number of para-hydroxylation sites is 1. The first kappa shape index (κ1) is 22.3. The van der Waals surface area contributed by atoms with E-state index in [1.165, 1.54) is 22.7 Å². The van der Waals surface area contributed by atoms with E-state index < -0.39 is 17.5 Å². The number of benzene rings is 2. The number of ether oxygens (including phenoxy) is 1. The lowest BCUT2D eigenvalue weighted by Gasteiger charge is -2.06. The molecule has 0 aliphatic heterocycles. The summed E-state index contributed by atoms with van der Waals surface area (Å²) in [6.07, 6.45) is 0.587. The Kier molecular flexibility index (Phi) is 5.44. The highest BCUT2D eigenvalue weighted by atomic mass is 32.1. The second-order valence-electron chi connectivity index (χ2n) is 8.27. The summed E-state index contributed by atoms with van der Waals surface area (Å²) in [5.74, 6) is 5.40. The summed E-state index contributed by atoms with van der Waals surface area (Å²) < 4.78 is 11.3. The minimum absolute atomic E-state index is 0.136. The maximum absolute atomic E-state index is 12.5. The quantitative estimate of drug-likeness (QED) is 0.286. The summed E-state index contributed by atoms with van der Waals surface area (Å²) in [5.41, 5.74) is 1.03. The molecule has 1 saturated carbocycles. The third kappa shape index (κ3) is 4.08. The van der Waals surface area contributed by atoms with Crippen molar-refractivity contribution < 1.29 is 23.8 Å². The van der Waals surface area contributed by atoms with Gasteiger partial charge in [-0.3, -0.25) is 10.1 Å². The third-order valence-electron chi connectivity index (χ3n) is 5.86. The van der Waals surface area contributed by atoms with Crippen LogP contribution in [0.5, 0.6) is 0 Å². The normalized spacial score (nSPS) is 13.8. The molecule has 1 amide bonds. The lowest BCUT2D eigenvalue weighted by atomic mass is 10.1. The second-order valence-corrected chi connectivity index (χ2v) is 10.2. The first-order chi connectivity index (χ1) is 17.5. The number of rotatable bonds is 5. The fourth-order valence-corrected chi connectivity index (χ4v) is 5.91. The van der Waals surface area contributed by atoms with Crippen molar-refractivity contribution in [2.24, 2.45) is 0 Å². The van der Waals surface area contributed by atoms with Crippen molar-refractivity contribution in [3.8, 4) is 11.8 Å². The number of carbonyl (C=O) groups is 2. The van der Waals surface area contributed by atoms with Crippen LogP contribution < -0.4 is 5.32 Å². The number of aromatic nitrogens is 2. The predicted octanol–water partition coefficient (Wildman–Crippen LogP) is 5.76. The molecule has 1 aliphatic carbocycles. The van der Waals surface area contributed by atoms with Gasteiger partial charge in [0.05, 0.1) is 0 Å². The molecule has 3 aromatic heterocycles. The smallest absolute Gasteiger partial charge is 0.412 e. The van der Waals surface area contributed by atoms with Gasteiger partial charge < -0.3 is 14.3 Å². The van der Waals surface area contributed by atoms with Gasteiger partial charge in [0, 0.05) is 5.39 Å². The molecule has 3 heterocycles. The Morgan fingerprint density at radius 1 is 1.03 bits per heavy atom. The van der Waals surface area contributed by atoms with Crippen molar-refractivity contribution in [2.45, 2.75) is 24.9 Å². The Morgan fingerprint density at radius 3 is 2.53 bits per heavy atom. The summed E-state index contributed by atoms with van der Waals surface area (Å²) in [5, 5.41) is 14.1. The number of amides is 1. The fourth-order valence-electron chi connectivity index (χ4n) is 3.77. The maximum Gasteiger partial charge on any atom is 0.412 e. The van der Waals surface area contributed by atoms with Crippen LogP contribution in [-0.2, 0) is 21.6 Å². The molecule has 0 bridgehead atoms. The molecule has 0 radical (unpaired) electrons. The molecule has 8 nitrogen and oxygen atoms in total. The summed E-state index contributed by atoms with van der Waals surface area (Å²) >= 11 is 2.59. The fraction of sp³-hybridized carbons (Fsp3) is 0.154. The zero-order valence-corrected chi connectivity index (χ0v) is 20.2. The third-order valence-corrected chi connectivity index (χ3v) is 8.01. The van der Waals surface area contributed by atoms with Crippen LogP contribution in [0.25, 0.3) is 20.6 Å². The molecule has 0 spiro atoms. The Hall–Kier alpha value is -4.20. The van der Waals surface area contributed by atoms with Gasteiger partial charge in [-0.05, 0) is 42.4 Å². The number of thiazole rings is 2. The monoisotopic (exact) mass is 515 g/mol. The minimum Gasteiger partial charge on any atom is -0.481 e. The number of carboxylic acid groups (broad SMARTS) is 1. The van der Waals surface area contributed by atoms with Crippen LogP contribution >= 0.6 is 22.7 Å². The molecular weight excluding hydrogens is 498 g/mol. The number of hydrogen-bond acceptors (Lipinski definition) is 8. The number of anilines is 1. The van der Waals surface area contributed by atoms with E-state index in [0.717, 1.165) is 5.56 Å². The first-order valence-corrected chi connectivity index (χ1v) is 12.7. The van der Waals surface area contributed by atoms with Crippen LogP contribution in [0.4, 0.5) is 10.5 Å². The molecular formula is C26H17N3O5S2. The van der Waals surface area contributed by atoms with Gasteiger partial charge in [0.2, 0.25) is 5.76 Å². The molecule has 10 heteroatoms. The molecule has 0 unspecified atom stereocenters. The maximum atomic E-state index is 12.5. The van der Waals surface area contributed by atoms with Crippen LogP contribution in [0, 0.1) is 11.8 Å². The number of nitrogens with one attached hydrogen (secondary N) is 1. The van der Waals surface area contributed by atoms with Gasteiger partial charge >= 0.3 is 12.1 Å². The zero-order chi connectivity index (χ0) is 24.7. The van der Waals surface area contributed by atoms with E-state index in [2.05, 4.69) is 27.1 Å². The number of carboxylic acids is 1. The molecule has 2 aromatic carbocycles. The first-order valence-electron chi connectivity index (χ1n) is 11.0. The highest BCUT2D eigenvalue weighted by molar-refractivity contribution is 7.26. The van der Waals surface area contributed by atoms with Crippen molar-refractivity contribution in [3.63, 3.8) is 0 Å². The molecule has 36 heavy (non-hydrogen) atoms. The Balaban J connectivity index is 1.25. The molecule has 1 fully saturated rings. The number of fused-ring (bicyclic) bond motifs is 2. The number of aliphatic carboxylic acids is 1. The minimum atomic E-state index is -0.846. The number of nitrogens with zero attached hydrogens (tertiary/aromatic N) is 2. The van der Waals surface area contributed by atoms with Gasteiger partial charge in [0.25, 0.3) is 0 Å². The SMILES string of the molecule is O=C(Nc1c(C#Cc2nc3sc(C4(C(=O)O)CC4)nc3s2)oc2ccccc12)OCc1ccccc1. The van der Waals surface area contributed by atoms with Crippen LogP contribution in [0.15, 0.2) is 59.0 Å². The lowest BCUT2D eigenvalue weighted by Crippen LogP contribution is -2.18. The van der Waals surface area contributed by atoms with Gasteiger partial charge in [-0.15, -0.1) is 0 Å². The largest absolute Gasteiger partial charge is 0.481 e. The summed E-state index contributed by atoms with van der Waals surface area (Å²) in [7, 11) is 0. The summed E-state index contributed by atoms with van der Waals surface area (Å²) in [6.45, 7) is 0.136. The van der Waals surface area contributed by atoms with Gasteiger partial charge in [-0.25, -0.2) is 14.8 Å². The number of carbonyl (C=O) groups excluding carboxylic acids is 1. The van der Waals surface area contributed by atoms with Crippen molar-refractivity contribution in [3.05, 3.63) is 75.9 Å². The van der Waals surface area contributed by atoms with Gasteiger partial charge in [-0.1, -0.05) is 65.1 Å². The second kappa shape index (κ2) is 8.78. The Morgan fingerprint density at radius 2 is 1.78 bits per heavy atom. The highest BCUT2D eigenvalue weighted by Gasteiger charge is 2.54. The van der Waals surface area contributed by atoms with E-state index in [1.54, 1.807) is 6.07 Å². The van der Waals surface area contributed by atoms with Gasteiger partial charge in [0.1, 0.15) is 28.3 Å². The van der Waals surface area contributed by atoms with Crippen molar-refractivity contribution in [2.75, 3.05) is 5.32 Å². The zero-order valence-electron chi connectivity index (χ0n) is 18.6. The molecule has 178 valence electrons. The van der Waals surface area contributed by atoms with Crippen LogP contribution in [0.2, 0.25) is 0 Å². The molecule has 0 atom stereocenters. The van der Waals surface area contributed by atoms with E-state index in [1.807, 2.05) is 48.5 Å². The van der Waals surface area contributed by atoms with Gasteiger partial charge in [-0.2, -0.15) is 0 Å². The van der Waals surface area contributed by atoms with E-state index in [4.69, 9.17) is 9.15 Å². The number of hydrogen-bond donors (Lipinski definition) is 2. The Labute approximate surface area is 212 Å². The average molecular weight is 516 g/mol. The van der Waals surface area contributed by atoms with E-state index in [-0.39, 0.29) is 12.4 Å². The van der Waals surface area contributed by atoms with E-state index in [0.29, 0.717) is 49.2 Å². The van der Waals surface area contributed by atoms with Crippen molar-refractivity contribution in [1.29, 1.82) is 0 Å². The summed E-state index contributed by atoms with van der Waals surface area (Å²) in [6, 6.07) is 16.7. The molecule has 6 rings (SSSR count). The van der Waals surface area contributed by atoms with E-state index in [9.17, 15) is 14.7 Å². The predicted molar refractivity (Wildman–Crippen MR) is 136 cm³/mol. The number of furan rings is 1. The van der Waals surface area contributed by atoms with E-state index >= 15 is 0 Å². The van der Waals surface area contributed by atoms with Gasteiger partial charge in [0.15, 0.2) is 14.7 Å². The highest BCUT2D eigenvalue weighted by Crippen LogP contribution is 2.50. The van der Waals surface area contributed by atoms with Crippen LogP contribution in [0.3, 0.4) is 0 Å². The molecule has 2 N–H and O–H groups in total. The van der Waals surface area contributed by atoms with Crippen molar-refractivity contribution in [1.82, 2.24) is 9.97 Å². The topological polar surface area (TPSA) is 115 Å². The summed E-state index contributed by atoms with van der Waals surface area (Å²) in [4.78, 5) is 34.5. The van der Waals surface area contributed by atoms with Crippen LogP contribution in [0.1, 0.15) is 34.2 Å². The standard InChI is InChI=1S/C26H17N3O5S2/c30-24(31)26(12-13-26)23-29-22-21(36-23)27-19(35-22)11-10-18-20(16-8-4-5-9-17(16)34-18)28-25(32)33-14-15-6-2-1-3-7-15/h1-9H,12-14H2,(H,28,32)(H,30,31). The lowest BCUT2D eigenvalue weighted by molar-refractivity contribution is -0.140. The molecule has 1 aliphatic rings. The van der Waals surface area contributed by atoms with Crippen molar-refractivity contribution >= 4 is 61.1 Å². The average Bonchev–Trinajstić information content (AvgIpc) is 3.32. The molecule has 5 aromatic rings. The van der Waals surface area contributed by atoms with Crippen LogP contribution in [-0.4, -0.2) is 27.1 Å². The molecule has 0 saturated heterocycles. The Bertz CT molecular complexity index is 1650.